The van der Waals surface area contributed by atoms with Crippen LogP contribution >= 0.6 is 0 Å². The minimum absolute atomic E-state index is 0.0943. The zero-order valence-corrected chi connectivity index (χ0v) is 17.4. The molecule has 1 aromatic heterocycles. The first-order valence-corrected chi connectivity index (χ1v) is 10.6. The van der Waals surface area contributed by atoms with Gasteiger partial charge in [-0.25, -0.2) is 0 Å². The molecule has 2 saturated heterocycles. The van der Waals surface area contributed by atoms with E-state index >= 15 is 0 Å². The molecule has 9 heteroatoms. The summed E-state index contributed by atoms with van der Waals surface area (Å²) in [6.45, 7) is 1.71. The smallest absolute Gasteiger partial charge is 0.367 e. The lowest BCUT2D eigenvalue weighted by Gasteiger charge is -2.45. The van der Waals surface area contributed by atoms with E-state index in [1.165, 1.54) is 12.3 Å². The van der Waals surface area contributed by atoms with Crippen LogP contribution in [0, 0.1) is 0 Å². The number of halogens is 3. The molecule has 0 bridgehead atoms. The van der Waals surface area contributed by atoms with Gasteiger partial charge in [0.1, 0.15) is 0 Å². The number of piperidine rings is 1. The van der Waals surface area contributed by atoms with Gasteiger partial charge in [0.2, 0.25) is 5.91 Å². The van der Waals surface area contributed by atoms with Crippen LogP contribution in [0.3, 0.4) is 0 Å². The van der Waals surface area contributed by atoms with Crippen LogP contribution in [0.4, 0.5) is 18.9 Å². The summed E-state index contributed by atoms with van der Waals surface area (Å²) in [4.78, 5) is 20.5. The molecule has 0 spiro atoms. The number of carbonyl (C=O) groups is 1. The fraction of sp³-hybridized carbons (Fsp3) is 0.545. The molecule has 4 rings (SSSR count). The summed E-state index contributed by atoms with van der Waals surface area (Å²) < 4.78 is 46.4. The van der Waals surface area contributed by atoms with Crippen molar-refractivity contribution in [2.45, 2.75) is 50.0 Å². The number of alkyl halides is 3. The molecule has 3 unspecified atom stereocenters. The van der Waals surface area contributed by atoms with Gasteiger partial charge in [-0.3, -0.25) is 9.78 Å². The molecule has 1 amide bonds. The number of hydrogen-bond acceptors (Lipinski definition) is 5. The standard InChI is InChI=1S/C22H27F3N4O2/c1-28-10-3-2-5-14(28)13-18-20(21(26)30)31-12-11-29(18)17-8-7-16(22(23,24)25)19-15(17)6-4-9-27-19/h4,6-9,14,18,20H,2-3,5,10-13H2,1H3,(H2,26,30). The number of nitrogens with zero attached hydrogens (tertiary/aromatic N) is 3. The Hall–Kier alpha value is -2.39. The molecule has 6 nitrogen and oxygen atoms in total. The second-order valence-corrected chi connectivity index (χ2v) is 8.35. The molecule has 0 saturated carbocycles. The lowest BCUT2D eigenvalue weighted by Crippen LogP contribution is -2.58. The van der Waals surface area contributed by atoms with Crippen LogP contribution < -0.4 is 10.6 Å². The van der Waals surface area contributed by atoms with Gasteiger partial charge in [-0.2, -0.15) is 13.2 Å². The molecule has 3 heterocycles. The average Bonchev–Trinajstić information content (AvgIpc) is 2.74. The van der Waals surface area contributed by atoms with Gasteiger partial charge in [0.15, 0.2) is 6.10 Å². The Kier molecular flexibility index (Phi) is 6.07. The van der Waals surface area contributed by atoms with Crippen molar-refractivity contribution in [1.82, 2.24) is 9.88 Å². The third kappa shape index (κ3) is 4.34. The first-order valence-electron chi connectivity index (χ1n) is 10.6. The normalized spacial score (nSPS) is 25.7. The first-order chi connectivity index (χ1) is 14.8. The number of amides is 1. The van der Waals surface area contributed by atoms with Gasteiger partial charge in [0.25, 0.3) is 0 Å². The maximum absolute atomic E-state index is 13.5. The monoisotopic (exact) mass is 436 g/mol. The summed E-state index contributed by atoms with van der Waals surface area (Å²) in [7, 11) is 2.06. The number of aromatic nitrogens is 1. The summed E-state index contributed by atoms with van der Waals surface area (Å²) >= 11 is 0. The highest BCUT2D eigenvalue weighted by Crippen LogP contribution is 2.39. The maximum atomic E-state index is 13.5. The van der Waals surface area contributed by atoms with Crippen molar-refractivity contribution in [3.05, 3.63) is 36.0 Å². The van der Waals surface area contributed by atoms with Gasteiger partial charge in [-0.1, -0.05) is 6.42 Å². The highest BCUT2D eigenvalue weighted by Gasteiger charge is 2.40. The number of benzene rings is 1. The van der Waals surface area contributed by atoms with Crippen LogP contribution in [-0.2, 0) is 15.7 Å². The van der Waals surface area contributed by atoms with Crippen molar-refractivity contribution in [2.75, 3.05) is 31.6 Å². The number of carbonyl (C=O) groups excluding carboxylic acids is 1. The van der Waals surface area contributed by atoms with Crippen LogP contribution in [0.25, 0.3) is 10.9 Å². The molecule has 168 valence electrons. The fourth-order valence-corrected chi connectivity index (χ4v) is 4.90. The molecule has 0 aliphatic carbocycles. The van der Waals surface area contributed by atoms with E-state index in [-0.39, 0.29) is 24.2 Å². The highest BCUT2D eigenvalue weighted by atomic mass is 19.4. The number of hydrogen-bond donors (Lipinski definition) is 1. The second-order valence-electron chi connectivity index (χ2n) is 8.35. The molecule has 2 aliphatic rings. The summed E-state index contributed by atoms with van der Waals surface area (Å²) in [6.07, 6.45) is -0.0759. The van der Waals surface area contributed by atoms with Crippen molar-refractivity contribution in [1.29, 1.82) is 0 Å². The van der Waals surface area contributed by atoms with Crippen molar-refractivity contribution < 1.29 is 22.7 Å². The number of likely N-dealkylation sites (tertiary alicyclic amines) is 1. The lowest BCUT2D eigenvalue weighted by atomic mass is 9.91. The van der Waals surface area contributed by atoms with Crippen LogP contribution in [0.2, 0.25) is 0 Å². The Morgan fingerprint density at radius 2 is 2.06 bits per heavy atom. The molecule has 2 fully saturated rings. The average molecular weight is 436 g/mol. The second kappa shape index (κ2) is 8.63. The largest absolute Gasteiger partial charge is 0.418 e. The van der Waals surface area contributed by atoms with E-state index in [4.69, 9.17) is 10.5 Å². The van der Waals surface area contributed by atoms with Crippen molar-refractivity contribution >= 4 is 22.5 Å². The zero-order valence-electron chi connectivity index (χ0n) is 17.4. The van der Waals surface area contributed by atoms with E-state index in [9.17, 15) is 18.0 Å². The summed E-state index contributed by atoms with van der Waals surface area (Å²) in [6, 6.07) is 5.71. The molecular formula is C22H27F3N4O2. The van der Waals surface area contributed by atoms with Gasteiger partial charge < -0.3 is 20.3 Å². The molecule has 3 atom stereocenters. The Bertz CT molecular complexity index is 952. The van der Waals surface area contributed by atoms with E-state index < -0.39 is 23.8 Å². The van der Waals surface area contributed by atoms with Crippen LogP contribution in [0.15, 0.2) is 30.5 Å². The predicted molar refractivity (Wildman–Crippen MR) is 112 cm³/mol. The SMILES string of the molecule is CN1CCCCC1CC1C(C(N)=O)OCCN1c1ccc(C(F)(F)F)c2ncccc12. The number of ether oxygens (including phenoxy) is 1. The number of primary amides is 1. The van der Waals surface area contributed by atoms with E-state index in [2.05, 4.69) is 16.9 Å². The Labute approximate surface area is 179 Å². The fourth-order valence-electron chi connectivity index (χ4n) is 4.90. The molecule has 2 aromatic rings. The first kappa shape index (κ1) is 21.8. The van der Waals surface area contributed by atoms with E-state index in [1.807, 2.05) is 4.90 Å². The molecule has 31 heavy (non-hydrogen) atoms. The molecule has 2 N–H and O–H groups in total. The molecule has 0 radical (unpaired) electrons. The van der Waals surface area contributed by atoms with E-state index in [0.717, 1.165) is 31.9 Å². The van der Waals surface area contributed by atoms with Crippen LogP contribution in [0.1, 0.15) is 31.2 Å². The van der Waals surface area contributed by atoms with Gasteiger partial charge in [0, 0.05) is 29.9 Å². The molecule has 2 aliphatic heterocycles. The van der Waals surface area contributed by atoms with Gasteiger partial charge in [-0.15, -0.1) is 0 Å². The molecular weight excluding hydrogens is 409 g/mol. The number of anilines is 1. The quantitative estimate of drug-likeness (QED) is 0.797. The van der Waals surface area contributed by atoms with E-state index in [0.29, 0.717) is 24.0 Å². The third-order valence-electron chi connectivity index (χ3n) is 6.46. The minimum Gasteiger partial charge on any atom is -0.367 e. The number of pyridine rings is 1. The van der Waals surface area contributed by atoms with Crippen molar-refractivity contribution in [2.24, 2.45) is 5.73 Å². The number of morpholine rings is 1. The van der Waals surface area contributed by atoms with Gasteiger partial charge >= 0.3 is 6.18 Å². The Morgan fingerprint density at radius 3 is 2.77 bits per heavy atom. The summed E-state index contributed by atoms with van der Waals surface area (Å²) in [5, 5.41) is 0.407. The predicted octanol–water partition coefficient (Wildman–Crippen LogP) is 3.19. The number of rotatable bonds is 4. The Morgan fingerprint density at radius 1 is 1.26 bits per heavy atom. The third-order valence-corrected chi connectivity index (χ3v) is 6.46. The van der Waals surface area contributed by atoms with E-state index in [1.54, 1.807) is 12.1 Å². The zero-order chi connectivity index (χ0) is 22.2. The van der Waals surface area contributed by atoms with Gasteiger partial charge in [0.05, 0.1) is 23.7 Å². The number of nitrogens with two attached hydrogens (primary N) is 1. The minimum atomic E-state index is -4.50. The van der Waals surface area contributed by atoms with Crippen LogP contribution in [0.5, 0.6) is 0 Å². The molecule has 1 aromatic carbocycles. The van der Waals surface area contributed by atoms with Crippen molar-refractivity contribution in [3.63, 3.8) is 0 Å². The summed E-state index contributed by atoms with van der Waals surface area (Å²) in [5.74, 6) is -0.553. The number of fused-ring (bicyclic) bond motifs is 1. The lowest BCUT2D eigenvalue weighted by molar-refractivity contribution is -0.136. The van der Waals surface area contributed by atoms with Crippen LogP contribution in [-0.4, -0.2) is 60.7 Å². The maximum Gasteiger partial charge on any atom is 0.418 e. The Balaban J connectivity index is 1.77. The highest BCUT2D eigenvalue weighted by molar-refractivity contribution is 5.95. The van der Waals surface area contributed by atoms with Crippen molar-refractivity contribution in [3.8, 4) is 0 Å². The topological polar surface area (TPSA) is 71.7 Å². The van der Waals surface area contributed by atoms with Gasteiger partial charge in [-0.05, 0) is 57.1 Å². The summed E-state index contributed by atoms with van der Waals surface area (Å²) in [5.41, 5.74) is 5.42.